The lowest BCUT2D eigenvalue weighted by atomic mass is 10.1. The third-order valence-corrected chi connectivity index (χ3v) is 2.37. The van der Waals surface area contributed by atoms with Crippen molar-refractivity contribution in [2.45, 2.75) is 6.42 Å². The van der Waals surface area contributed by atoms with Crippen molar-refractivity contribution in [3.05, 3.63) is 53.0 Å². The van der Waals surface area contributed by atoms with Crippen LogP contribution in [0.25, 0.3) is 0 Å². The molecule has 0 saturated heterocycles. The van der Waals surface area contributed by atoms with Crippen molar-refractivity contribution in [1.29, 1.82) is 0 Å². The number of Topliss-reactive ketones (excluding diaryl/α,β-unsaturated/α-hetero) is 1. The monoisotopic (exact) mass is 235 g/mol. The van der Waals surface area contributed by atoms with E-state index in [0.717, 1.165) is 5.56 Å². The van der Waals surface area contributed by atoms with Crippen molar-refractivity contribution in [1.82, 2.24) is 4.98 Å². The zero-order valence-electron chi connectivity index (χ0n) is 8.52. The van der Waals surface area contributed by atoms with E-state index in [1.165, 1.54) is 0 Å². The van der Waals surface area contributed by atoms with E-state index in [-0.39, 0.29) is 12.2 Å². The molecule has 0 fully saturated rings. The standard InChI is InChI=1S/C12H10ClNO2/c13-12-5-4-9(8-14-12)7-10(15)11-3-1-2-6-16-11/h1-5,8H,6-7H2. The van der Waals surface area contributed by atoms with Gasteiger partial charge in [0.1, 0.15) is 11.8 Å². The molecule has 0 unspecified atom stereocenters. The van der Waals surface area contributed by atoms with E-state index >= 15 is 0 Å². The number of ketones is 1. The molecule has 2 rings (SSSR count). The highest BCUT2D eigenvalue weighted by Gasteiger charge is 2.12. The summed E-state index contributed by atoms with van der Waals surface area (Å²) in [4.78, 5) is 15.7. The first-order valence-electron chi connectivity index (χ1n) is 4.89. The number of ether oxygens (including phenoxy) is 1. The number of carbonyl (C=O) groups excluding carboxylic acids is 1. The van der Waals surface area contributed by atoms with Crippen LogP contribution in [0.3, 0.4) is 0 Å². The third kappa shape index (κ3) is 2.70. The molecule has 1 aliphatic heterocycles. The fourth-order valence-corrected chi connectivity index (χ4v) is 1.47. The summed E-state index contributed by atoms with van der Waals surface area (Å²) in [6.07, 6.45) is 7.22. The van der Waals surface area contributed by atoms with Crippen LogP contribution in [0.15, 0.2) is 42.3 Å². The van der Waals surface area contributed by atoms with Gasteiger partial charge in [-0.25, -0.2) is 4.98 Å². The Morgan fingerprint density at radius 2 is 2.38 bits per heavy atom. The highest BCUT2D eigenvalue weighted by Crippen LogP contribution is 2.11. The first-order valence-corrected chi connectivity index (χ1v) is 5.27. The predicted molar refractivity (Wildman–Crippen MR) is 61.1 cm³/mol. The number of halogens is 1. The predicted octanol–water partition coefficient (Wildman–Crippen LogP) is 2.32. The fourth-order valence-electron chi connectivity index (χ4n) is 1.35. The van der Waals surface area contributed by atoms with Crippen LogP contribution in [0.4, 0.5) is 0 Å². The number of rotatable bonds is 3. The van der Waals surface area contributed by atoms with Gasteiger partial charge in [-0.1, -0.05) is 23.7 Å². The number of allylic oxidation sites excluding steroid dienone is 3. The lowest BCUT2D eigenvalue weighted by molar-refractivity contribution is -0.118. The molecule has 82 valence electrons. The molecule has 0 aliphatic carbocycles. The van der Waals surface area contributed by atoms with E-state index in [4.69, 9.17) is 16.3 Å². The number of carbonyl (C=O) groups is 1. The van der Waals surface area contributed by atoms with Gasteiger partial charge in [0.25, 0.3) is 0 Å². The van der Waals surface area contributed by atoms with Crippen LogP contribution in [-0.2, 0) is 16.0 Å². The summed E-state index contributed by atoms with van der Waals surface area (Å²) in [7, 11) is 0. The molecular weight excluding hydrogens is 226 g/mol. The summed E-state index contributed by atoms with van der Waals surface area (Å²) < 4.78 is 5.21. The van der Waals surface area contributed by atoms with Crippen molar-refractivity contribution in [2.24, 2.45) is 0 Å². The summed E-state index contributed by atoms with van der Waals surface area (Å²) in [5.41, 5.74) is 0.827. The molecule has 0 aromatic carbocycles. The van der Waals surface area contributed by atoms with Gasteiger partial charge in [0, 0.05) is 12.6 Å². The lowest BCUT2D eigenvalue weighted by Crippen LogP contribution is -2.11. The lowest BCUT2D eigenvalue weighted by Gasteiger charge is -2.09. The summed E-state index contributed by atoms with van der Waals surface area (Å²) >= 11 is 5.66. The maximum atomic E-state index is 11.8. The molecule has 0 N–H and O–H groups in total. The molecule has 1 aromatic heterocycles. The first kappa shape index (κ1) is 10.9. The van der Waals surface area contributed by atoms with Crippen molar-refractivity contribution >= 4 is 17.4 Å². The maximum absolute atomic E-state index is 11.8. The van der Waals surface area contributed by atoms with Crippen LogP contribution >= 0.6 is 11.6 Å². The molecule has 2 heterocycles. The zero-order valence-corrected chi connectivity index (χ0v) is 9.28. The van der Waals surface area contributed by atoms with Gasteiger partial charge in [-0.05, 0) is 23.8 Å². The van der Waals surface area contributed by atoms with Gasteiger partial charge in [-0.3, -0.25) is 4.79 Å². The van der Waals surface area contributed by atoms with E-state index in [1.54, 1.807) is 24.4 Å². The molecule has 3 nitrogen and oxygen atoms in total. The van der Waals surface area contributed by atoms with E-state index < -0.39 is 0 Å². The second-order valence-electron chi connectivity index (χ2n) is 3.36. The Labute approximate surface area is 98.4 Å². The van der Waals surface area contributed by atoms with Gasteiger partial charge < -0.3 is 4.74 Å². The number of aromatic nitrogens is 1. The smallest absolute Gasteiger partial charge is 0.201 e. The summed E-state index contributed by atoms with van der Waals surface area (Å²) in [6.45, 7) is 0.455. The summed E-state index contributed by atoms with van der Waals surface area (Å²) in [6, 6.07) is 3.45. The first-order chi connectivity index (χ1) is 7.75. The molecule has 0 atom stereocenters. The summed E-state index contributed by atoms with van der Waals surface area (Å²) in [5, 5.41) is 0.423. The normalized spacial score (nSPS) is 14.2. The van der Waals surface area contributed by atoms with Gasteiger partial charge in [0.2, 0.25) is 5.78 Å². The average molecular weight is 236 g/mol. The van der Waals surface area contributed by atoms with Gasteiger partial charge in [-0.15, -0.1) is 0 Å². The van der Waals surface area contributed by atoms with Crippen LogP contribution in [0.5, 0.6) is 0 Å². The van der Waals surface area contributed by atoms with Gasteiger partial charge in [0.05, 0.1) is 0 Å². The Morgan fingerprint density at radius 1 is 1.50 bits per heavy atom. The van der Waals surface area contributed by atoms with Gasteiger partial charge >= 0.3 is 0 Å². The molecule has 0 bridgehead atoms. The Balaban J connectivity index is 2.04. The van der Waals surface area contributed by atoms with Gasteiger partial charge in [0.15, 0.2) is 5.76 Å². The molecule has 0 radical (unpaired) electrons. The van der Waals surface area contributed by atoms with Crippen LogP contribution in [0.1, 0.15) is 5.56 Å². The highest BCUT2D eigenvalue weighted by atomic mass is 35.5. The minimum absolute atomic E-state index is 0.0477. The van der Waals surface area contributed by atoms with E-state index in [2.05, 4.69) is 4.98 Å². The minimum Gasteiger partial charge on any atom is -0.486 e. The van der Waals surface area contributed by atoms with Crippen LogP contribution in [0.2, 0.25) is 5.15 Å². The number of hydrogen-bond donors (Lipinski definition) is 0. The van der Waals surface area contributed by atoms with E-state index in [0.29, 0.717) is 17.5 Å². The van der Waals surface area contributed by atoms with Crippen molar-refractivity contribution in [3.63, 3.8) is 0 Å². The number of hydrogen-bond acceptors (Lipinski definition) is 3. The van der Waals surface area contributed by atoms with Crippen molar-refractivity contribution < 1.29 is 9.53 Å². The van der Waals surface area contributed by atoms with Crippen LogP contribution in [0, 0.1) is 0 Å². The van der Waals surface area contributed by atoms with Crippen molar-refractivity contribution in [2.75, 3.05) is 6.61 Å². The van der Waals surface area contributed by atoms with Crippen LogP contribution < -0.4 is 0 Å². The molecule has 4 heteroatoms. The molecule has 1 aromatic rings. The quantitative estimate of drug-likeness (QED) is 0.755. The molecule has 1 aliphatic rings. The van der Waals surface area contributed by atoms with Gasteiger partial charge in [-0.2, -0.15) is 0 Å². The SMILES string of the molecule is O=C(Cc1ccc(Cl)nc1)C1=CC=CCO1. The van der Waals surface area contributed by atoms with Crippen LogP contribution in [-0.4, -0.2) is 17.4 Å². The van der Waals surface area contributed by atoms with Crippen molar-refractivity contribution in [3.8, 4) is 0 Å². The molecule has 16 heavy (non-hydrogen) atoms. The Morgan fingerprint density at radius 3 is 3.00 bits per heavy atom. The third-order valence-electron chi connectivity index (χ3n) is 2.15. The second-order valence-corrected chi connectivity index (χ2v) is 3.75. The molecule has 0 saturated carbocycles. The molecule has 0 amide bonds. The number of nitrogens with zero attached hydrogens (tertiary/aromatic N) is 1. The molecular formula is C12H10ClNO2. The highest BCUT2D eigenvalue weighted by molar-refractivity contribution is 6.29. The Bertz CT molecular complexity index is 449. The topological polar surface area (TPSA) is 39.2 Å². The minimum atomic E-state index is -0.0477. The number of pyridine rings is 1. The largest absolute Gasteiger partial charge is 0.486 e. The fraction of sp³-hybridized carbons (Fsp3) is 0.167. The summed E-state index contributed by atoms with van der Waals surface area (Å²) in [5.74, 6) is 0.353. The molecule has 0 spiro atoms. The van der Waals surface area contributed by atoms with E-state index in [9.17, 15) is 4.79 Å². The second kappa shape index (κ2) is 4.94. The Hall–Kier alpha value is -1.61. The van der Waals surface area contributed by atoms with E-state index in [1.807, 2.05) is 12.2 Å². The Kier molecular flexibility index (Phi) is 3.37. The average Bonchev–Trinajstić information content (AvgIpc) is 2.33. The zero-order chi connectivity index (χ0) is 11.4. The maximum Gasteiger partial charge on any atom is 0.201 e.